The van der Waals surface area contributed by atoms with Gasteiger partial charge in [-0.3, -0.25) is 0 Å². The minimum Gasteiger partial charge on any atom is -0.497 e. The van der Waals surface area contributed by atoms with Gasteiger partial charge in [0.25, 0.3) is 0 Å². The van der Waals surface area contributed by atoms with Crippen molar-refractivity contribution in [2.75, 3.05) is 17.7 Å². The van der Waals surface area contributed by atoms with Crippen LogP contribution in [-0.4, -0.2) is 13.1 Å². The third-order valence-electron chi connectivity index (χ3n) is 3.96. The lowest BCUT2D eigenvalue weighted by Gasteiger charge is -2.20. The summed E-state index contributed by atoms with van der Waals surface area (Å²) < 4.78 is 5.13. The molecule has 0 bridgehead atoms. The Morgan fingerprint density at radius 3 is 1.88 bits per heavy atom. The van der Waals surface area contributed by atoms with E-state index in [9.17, 15) is 4.79 Å². The molecule has 2 N–H and O–H groups in total. The third kappa shape index (κ3) is 4.28. The van der Waals surface area contributed by atoms with E-state index in [2.05, 4.69) is 56.5 Å². The maximum absolute atomic E-state index is 12.4. The second-order valence-electron chi connectivity index (χ2n) is 6.43. The molecule has 4 nitrogen and oxygen atoms in total. The summed E-state index contributed by atoms with van der Waals surface area (Å²) in [5.74, 6) is 1.42. The molecule has 0 aliphatic heterocycles. The lowest BCUT2D eigenvalue weighted by Crippen LogP contribution is -2.21. The number of hydrogen-bond acceptors (Lipinski definition) is 2. The molecule has 0 unspecified atom stereocenters. The first-order chi connectivity index (χ1) is 11.4. The van der Waals surface area contributed by atoms with Gasteiger partial charge in [-0.2, -0.15) is 0 Å². The molecule has 0 saturated carbocycles. The quantitative estimate of drug-likeness (QED) is 0.753. The molecule has 0 saturated heterocycles. The highest BCUT2D eigenvalue weighted by Gasteiger charge is 2.15. The van der Waals surface area contributed by atoms with E-state index in [0.29, 0.717) is 11.8 Å². The highest BCUT2D eigenvalue weighted by Crippen LogP contribution is 2.32. The van der Waals surface area contributed by atoms with Crippen LogP contribution in [0, 0.1) is 0 Å². The van der Waals surface area contributed by atoms with Gasteiger partial charge in [0.1, 0.15) is 5.75 Å². The number of carbonyl (C=O) groups excluding carboxylic acids is 1. The van der Waals surface area contributed by atoms with Crippen molar-refractivity contribution in [1.29, 1.82) is 0 Å². The van der Waals surface area contributed by atoms with Gasteiger partial charge in [-0.25, -0.2) is 4.79 Å². The van der Waals surface area contributed by atoms with Crippen molar-refractivity contribution in [3.05, 3.63) is 53.6 Å². The fourth-order valence-electron chi connectivity index (χ4n) is 2.65. The Kier molecular flexibility index (Phi) is 5.85. The second-order valence-corrected chi connectivity index (χ2v) is 6.43. The Labute approximate surface area is 144 Å². The smallest absolute Gasteiger partial charge is 0.323 e. The fraction of sp³-hybridized carbons (Fsp3) is 0.350. The number of urea groups is 1. The molecule has 2 aromatic rings. The first kappa shape index (κ1) is 17.9. The van der Waals surface area contributed by atoms with E-state index >= 15 is 0 Å². The summed E-state index contributed by atoms with van der Waals surface area (Å²) >= 11 is 0. The predicted molar refractivity (Wildman–Crippen MR) is 100 cm³/mol. The maximum Gasteiger partial charge on any atom is 0.323 e. The monoisotopic (exact) mass is 326 g/mol. The summed E-state index contributed by atoms with van der Waals surface area (Å²) in [7, 11) is 1.62. The van der Waals surface area contributed by atoms with Crippen LogP contribution in [0.25, 0.3) is 0 Å². The Morgan fingerprint density at radius 2 is 1.42 bits per heavy atom. The van der Waals surface area contributed by atoms with Crippen molar-refractivity contribution in [2.45, 2.75) is 39.5 Å². The second kappa shape index (κ2) is 7.86. The first-order valence-electron chi connectivity index (χ1n) is 8.27. The van der Waals surface area contributed by atoms with Gasteiger partial charge in [-0.05, 0) is 47.2 Å². The van der Waals surface area contributed by atoms with Gasteiger partial charge in [0.2, 0.25) is 0 Å². The molecule has 2 amide bonds. The minimum atomic E-state index is -0.241. The maximum atomic E-state index is 12.4. The predicted octanol–water partition coefficient (Wildman–Crippen LogP) is 5.59. The van der Waals surface area contributed by atoms with Crippen molar-refractivity contribution in [3.8, 4) is 5.75 Å². The zero-order chi connectivity index (χ0) is 17.7. The van der Waals surface area contributed by atoms with Gasteiger partial charge < -0.3 is 15.4 Å². The standard InChI is InChI=1S/C20H26N2O2/c1-13(2)17-7-6-8-18(14(3)4)19(17)22-20(23)21-15-9-11-16(24-5)12-10-15/h6-14H,1-5H3,(H2,21,22,23). The van der Waals surface area contributed by atoms with Gasteiger partial charge in [-0.1, -0.05) is 45.9 Å². The van der Waals surface area contributed by atoms with Gasteiger partial charge in [0.15, 0.2) is 0 Å². The number of ether oxygens (including phenoxy) is 1. The molecular weight excluding hydrogens is 300 g/mol. The van der Waals surface area contributed by atoms with Crippen LogP contribution in [-0.2, 0) is 0 Å². The Balaban J connectivity index is 2.21. The number of anilines is 2. The van der Waals surface area contributed by atoms with E-state index < -0.39 is 0 Å². The van der Waals surface area contributed by atoms with E-state index in [1.807, 2.05) is 24.3 Å². The van der Waals surface area contributed by atoms with E-state index in [1.165, 1.54) is 0 Å². The lowest BCUT2D eigenvalue weighted by atomic mass is 9.93. The average molecular weight is 326 g/mol. The normalized spacial score (nSPS) is 10.8. The zero-order valence-electron chi connectivity index (χ0n) is 15.0. The van der Waals surface area contributed by atoms with Crippen LogP contribution in [0.2, 0.25) is 0 Å². The van der Waals surface area contributed by atoms with Gasteiger partial charge in [0, 0.05) is 11.4 Å². The van der Waals surface area contributed by atoms with Crippen LogP contribution in [0.3, 0.4) is 0 Å². The molecule has 0 heterocycles. The fourth-order valence-corrected chi connectivity index (χ4v) is 2.65. The molecule has 0 atom stereocenters. The van der Waals surface area contributed by atoms with Crippen molar-refractivity contribution in [3.63, 3.8) is 0 Å². The van der Waals surface area contributed by atoms with Gasteiger partial charge >= 0.3 is 6.03 Å². The van der Waals surface area contributed by atoms with Crippen molar-refractivity contribution in [2.24, 2.45) is 0 Å². The van der Waals surface area contributed by atoms with Crippen LogP contribution in [0.15, 0.2) is 42.5 Å². The molecule has 0 radical (unpaired) electrons. The summed E-state index contributed by atoms with van der Waals surface area (Å²) in [4.78, 5) is 12.4. The van der Waals surface area contributed by atoms with Crippen LogP contribution in [0.4, 0.5) is 16.2 Å². The van der Waals surface area contributed by atoms with Crippen molar-refractivity contribution >= 4 is 17.4 Å². The Bertz CT molecular complexity index is 665. The van der Waals surface area contributed by atoms with E-state index in [-0.39, 0.29) is 6.03 Å². The summed E-state index contributed by atoms with van der Waals surface area (Å²) in [6.07, 6.45) is 0. The number of carbonyl (C=O) groups is 1. The Morgan fingerprint density at radius 1 is 0.875 bits per heavy atom. The molecule has 0 aliphatic carbocycles. The number of benzene rings is 2. The van der Waals surface area contributed by atoms with Crippen LogP contribution in [0.1, 0.15) is 50.7 Å². The molecule has 0 aromatic heterocycles. The molecule has 24 heavy (non-hydrogen) atoms. The molecule has 2 aromatic carbocycles. The molecule has 128 valence electrons. The molecule has 2 rings (SSSR count). The average Bonchev–Trinajstić information content (AvgIpc) is 2.55. The van der Waals surface area contributed by atoms with E-state index in [4.69, 9.17) is 4.74 Å². The number of nitrogens with one attached hydrogen (secondary N) is 2. The topological polar surface area (TPSA) is 50.4 Å². The van der Waals surface area contributed by atoms with E-state index in [0.717, 1.165) is 28.3 Å². The summed E-state index contributed by atoms with van der Waals surface area (Å²) in [6, 6.07) is 13.2. The molecule has 0 fully saturated rings. The number of methoxy groups -OCH3 is 1. The van der Waals surface area contributed by atoms with Crippen molar-refractivity contribution < 1.29 is 9.53 Å². The summed E-state index contributed by atoms with van der Waals surface area (Å²) in [5.41, 5.74) is 3.92. The zero-order valence-corrected chi connectivity index (χ0v) is 15.0. The minimum absolute atomic E-state index is 0.241. The Hall–Kier alpha value is -2.49. The SMILES string of the molecule is COc1ccc(NC(=O)Nc2c(C(C)C)cccc2C(C)C)cc1. The third-order valence-corrected chi connectivity index (χ3v) is 3.96. The number of para-hydroxylation sites is 1. The van der Waals surface area contributed by atoms with Crippen LogP contribution in [0.5, 0.6) is 5.75 Å². The number of rotatable bonds is 5. The highest BCUT2D eigenvalue weighted by atomic mass is 16.5. The van der Waals surface area contributed by atoms with Gasteiger partial charge in [0.05, 0.1) is 7.11 Å². The molecular formula is C20H26N2O2. The molecule has 0 spiro atoms. The van der Waals surface area contributed by atoms with Crippen LogP contribution < -0.4 is 15.4 Å². The molecule has 0 aliphatic rings. The lowest BCUT2D eigenvalue weighted by molar-refractivity contribution is 0.262. The first-order valence-corrected chi connectivity index (χ1v) is 8.27. The van der Waals surface area contributed by atoms with E-state index in [1.54, 1.807) is 7.11 Å². The summed E-state index contributed by atoms with van der Waals surface area (Å²) in [5, 5.41) is 5.91. The molecule has 4 heteroatoms. The van der Waals surface area contributed by atoms with Gasteiger partial charge in [-0.15, -0.1) is 0 Å². The number of hydrogen-bond donors (Lipinski definition) is 2. The summed E-state index contributed by atoms with van der Waals surface area (Å²) in [6.45, 7) is 8.52. The highest BCUT2D eigenvalue weighted by molar-refractivity contribution is 6.00. The largest absolute Gasteiger partial charge is 0.497 e. The number of amides is 2. The van der Waals surface area contributed by atoms with Crippen molar-refractivity contribution in [1.82, 2.24) is 0 Å². The van der Waals surface area contributed by atoms with Crippen LogP contribution >= 0.6 is 0 Å².